The highest BCUT2D eigenvalue weighted by Gasteiger charge is 2.27. The maximum atomic E-state index is 5.74. The summed E-state index contributed by atoms with van der Waals surface area (Å²) in [5.74, 6) is 0. The van der Waals surface area contributed by atoms with Gasteiger partial charge in [-0.3, -0.25) is 0 Å². The molecule has 8 nitrogen and oxygen atoms in total. The summed E-state index contributed by atoms with van der Waals surface area (Å²) in [6, 6.07) is 35.6. The van der Waals surface area contributed by atoms with Crippen LogP contribution in [0.5, 0.6) is 0 Å². The second-order valence-corrected chi connectivity index (χ2v) is 19.9. The molecule has 8 heteroatoms. The van der Waals surface area contributed by atoms with Crippen molar-refractivity contribution in [1.29, 1.82) is 0 Å². The third kappa shape index (κ3) is 11.6. The van der Waals surface area contributed by atoms with E-state index in [9.17, 15) is 0 Å². The van der Waals surface area contributed by atoms with E-state index >= 15 is 0 Å². The van der Waals surface area contributed by atoms with Crippen molar-refractivity contribution in [3.63, 3.8) is 0 Å². The highest BCUT2D eigenvalue weighted by molar-refractivity contribution is 5.97. The molecule has 0 spiro atoms. The Morgan fingerprint density at radius 2 is 0.556 bits per heavy atom. The third-order valence-corrected chi connectivity index (χ3v) is 14.6. The summed E-state index contributed by atoms with van der Waals surface area (Å²) < 4.78 is 9.76. The van der Waals surface area contributed by atoms with E-state index in [-0.39, 0.29) is 0 Å². The van der Waals surface area contributed by atoms with Crippen molar-refractivity contribution in [2.75, 3.05) is 0 Å². The van der Waals surface area contributed by atoms with Crippen LogP contribution < -0.4 is 18.3 Å². The fourth-order valence-corrected chi connectivity index (χ4v) is 10.7. The topological polar surface area (TPSA) is 72.9 Å². The molecule has 0 unspecified atom stereocenters. The lowest BCUT2D eigenvalue weighted by molar-refractivity contribution is -0.686. The van der Waals surface area contributed by atoms with E-state index in [1.165, 1.54) is 77.0 Å². The van der Waals surface area contributed by atoms with Crippen LogP contribution in [-0.4, -0.2) is 19.9 Å². The van der Waals surface area contributed by atoms with Gasteiger partial charge in [-0.05, 0) is 98.5 Å². The van der Waals surface area contributed by atoms with Gasteiger partial charge >= 0.3 is 0 Å². The summed E-state index contributed by atoms with van der Waals surface area (Å²) in [7, 11) is 0. The van der Waals surface area contributed by atoms with Gasteiger partial charge in [0.2, 0.25) is 22.8 Å². The van der Waals surface area contributed by atoms with E-state index in [1.807, 2.05) is 0 Å². The first kappa shape index (κ1) is 50.2. The van der Waals surface area contributed by atoms with Gasteiger partial charge in [0.05, 0.1) is 67.1 Å². The van der Waals surface area contributed by atoms with E-state index in [0.29, 0.717) is 0 Å². The Hall–Kier alpha value is -6.80. The minimum absolute atomic E-state index is 0.935. The zero-order valence-corrected chi connectivity index (χ0v) is 43.7. The van der Waals surface area contributed by atoms with Crippen LogP contribution in [0.15, 0.2) is 122 Å². The lowest BCUT2D eigenvalue weighted by Crippen LogP contribution is -2.36. The lowest BCUT2D eigenvalue weighted by Gasteiger charge is -2.08. The highest BCUT2D eigenvalue weighted by Crippen LogP contribution is 2.37. The Labute approximate surface area is 429 Å². The van der Waals surface area contributed by atoms with Crippen molar-refractivity contribution in [3.8, 4) is 45.0 Å². The molecular weight excluding hydrogens is 881 g/mol. The minimum Gasteiger partial charge on any atom is -0.354 e. The van der Waals surface area contributed by atoms with Crippen molar-refractivity contribution in [2.45, 2.75) is 157 Å². The number of pyridine rings is 4. The van der Waals surface area contributed by atoms with Gasteiger partial charge in [-0.1, -0.05) is 79.1 Å². The summed E-state index contributed by atoms with van der Waals surface area (Å²) in [6.45, 7) is 12.9. The zero-order valence-electron chi connectivity index (χ0n) is 43.7. The number of fused-ring (bicyclic) bond motifs is 8. The van der Waals surface area contributed by atoms with Gasteiger partial charge in [0, 0.05) is 74.2 Å². The molecule has 9 heterocycles. The third-order valence-electron chi connectivity index (χ3n) is 14.6. The second-order valence-electron chi connectivity index (χ2n) is 19.9. The second kappa shape index (κ2) is 25.0. The van der Waals surface area contributed by atoms with Gasteiger partial charge in [0.25, 0.3) is 0 Å². The molecule has 9 rings (SSSR count). The number of hydrogen-bond donors (Lipinski definition) is 2. The van der Waals surface area contributed by atoms with Crippen molar-refractivity contribution >= 4 is 46.4 Å². The molecule has 7 aromatic rings. The van der Waals surface area contributed by atoms with Crippen molar-refractivity contribution < 1.29 is 18.3 Å². The number of aromatic nitrogens is 8. The number of rotatable bonds is 24. The minimum atomic E-state index is 0.935. The van der Waals surface area contributed by atoms with Crippen LogP contribution in [0.25, 0.3) is 91.4 Å². The summed E-state index contributed by atoms with van der Waals surface area (Å²) >= 11 is 0. The van der Waals surface area contributed by atoms with Crippen LogP contribution in [0.2, 0.25) is 0 Å². The molecule has 2 aliphatic rings. The first-order valence-electron chi connectivity index (χ1n) is 27.7. The lowest BCUT2D eigenvalue weighted by atomic mass is 10.1. The van der Waals surface area contributed by atoms with Crippen molar-refractivity contribution in [1.82, 2.24) is 19.9 Å². The number of aromatic amines is 2. The average Bonchev–Trinajstić information content (AvgIpc) is 4.27. The first-order valence-corrected chi connectivity index (χ1v) is 27.7. The Morgan fingerprint density at radius 1 is 0.306 bits per heavy atom. The van der Waals surface area contributed by atoms with E-state index in [0.717, 1.165) is 142 Å². The SMILES string of the molecule is CCCCCC[n+]1ccccc1-c1c2nc(c(-c3cccc[n+]3CCCCCC)c3ccc([nH]3)c(-c3cccc[n+]3CCCCCC)c3nc(c(-c4cccc[n+]4CCCCCC)c4ccc1[nH]4)C=C3)C=C2. The predicted octanol–water partition coefficient (Wildman–Crippen LogP) is 14.8. The van der Waals surface area contributed by atoms with Crippen molar-refractivity contribution in [3.05, 3.63) is 145 Å². The highest BCUT2D eigenvalue weighted by atomic mass is 15.0. The molecule has 0 fully saturated rings. The molecule has 0 radical (unpaired) electrons. The Morgan fingerprint density at radius 3 is 0.792 bits per heavy atom. The Balaban J connectivity index is 1.39. The fraction of sp³-hybridized carbons (Fsp3) is 0.375. The fourth-order valence-electron chi connectivity index (χ4n) is 10.7. The summed E-state index contributed by atoms with van der Waals surface area (Å²) in [5.41, 5.74) is 16.8. The Bertz CT molecular complexity index is 2760. The predicted molar refractivity (Wildman–Crippen MR) is 298 cm³/mol. The van der Waals surface area contributed by atoms with Gasteiger partial charge in [-0.15, -0.1) is 0 Å². The smallest absolute Gasteiger partial charge is 0.216 e. The molecule has 72 heavy (non-hydrogen) atoms. The summed E-state index contributed by atoms with van der Waals surface area (Å²) in [5, 5.41) is 0. The molecule has 2 N–H and O–H groups in total. The molecule has 0 amide bonds. The maximum absolute atomic E-state index is 5.74. The molecule has 370 valence electrons. The first-order chi connectivity index (χ1) is 35.6. The molecule has 0 aromatic carbocycles. The van der Waals surface area contributed by atoms with Gasteiger partial charge in [0.15, 0.2) is 24.8 Å². The van der Waals surface area contributed by atoms with E-state index in [4.69, 9.17) is 9.97 Å². The number of H-pyrrole nitrogens is 2. The molecule has 0 saturated heterocycles. The summed E-state index contributed by atoms with van der Waals surface area (Å²) in [4.78, 5) is 19.6. The molecule has 0 saturated carbocycles. The van der Waals surface area contributed by atoms with Crippen molar-refractivity contribution in [2.24, 2.45) is 0 Å². The number of nitrogens with one attached hydrogen (secondary N) is 2. The monoisotopic (exact) mass is 959 g/mol. The van der Waals surface area contributed by atoms with Gasteiger partial charge in [-0.25, -0.2) is 9.97 Å². The van der Waals surface area contributed by atoms with Gasteiger partial charge in [0.1, 0.15) is 26.2 Å². The van der Waals surface area contributed by atoms with Crippen LogP contribution >= 0.6 is 0 Å². The molecule has 0 atom stereocenters. The van der Waals surface area contributed by atoms with Gasteiger partial charge in [-0.2, -0.15) is 18.3 Å². The number of nitrogens with zero attached hydrogens (tertiary/aromatic N) is 6. The summed E-state index contributed by atoms with van der Waals surface area (Å²) in [6.07, 6.45) is 37.1. The standard InChI is InChI=1S/C64H77N8/c1-5-9-13-21-41-69-45-25-17-29-57(69)61-49-33-35-51(65-49)62(58-30-18-26-46-70(58)42-22-14-10-6-2)53-37-39-55(67-53)64(60-32-20-28-48-72(60)44-24-16-12-8-4)56-40-38-54(68-56)63(52-36-34-50(61)66-52)59-31-19-27-47-71(59)43-23-15-11-7-3/h17-20,25-40,45-48H,5-16,21-24,41-44H2,1-4H3,(H,65,66,67,68)/q+3/p+1. The molecule has 8 bridgehead atoms. The Kier molecular flexibility index (Phi) is 17.4. The van der Waals surface area contributed by atoms with Crippen LogP contribution in [-0.2, 0) is 26.2 Å². The number of unbranched alkanes of at least 4 members (excludes halogenated alkanes) is 12. The quantitative estimate of drug-likeness (QED) is 0.0468. The molecule has 0 aliphatic carbocycles. The molecule has 2 aliphatic heterocycles. The van der Waals surface area contributed by atoms with E-state index in [2.05, 4.69) is 202 Å². The largest absolute Gasteiger partial charge is 0.354 e. The zero-order chi connectivity index (χ0) is 49.5. The average molecular weight is 959 g/mol. The number of aryl methyl sites for hydroxylation is 4. The number of hydrogen-bond acceptors (Lipinski definition) is 2. The van der Waals surface area contributed by atoms with Gasteiger partial charge < -0.3 is 9.97 Å². The van der Waals surface area contributed by atoms with Crippen LogP contribution in [0, 0.1) is 0 Å². The maximum Gasteiger partial charge on any atom is 0.216 e. The normalized spacial score (nSPS) is 12.1. The van der Waals surface area contributed by atoms with E-state index < -0.39 is 0 Å². The van der Waals surface area contributed by atoms with Crippen LogP contribution in [0.1, 0.15) is 153 Å². The van der Waals surface area contributed by atoms with Crippen LogP contribution in [0.4, 0.5) is 0 Å². The van der Waals surface area contributed by atoms with E-state index in [1.54, 1.807) is 0 Å². The molecular formula is C64H78N8+4. The van der Waals surface area contributed by atoms with Crippen LogP contribution in [0.3, 0.4) is 0 Å². The molecule has 7 aromatic heterocycles.